The number of nitrogens with zero attached hydrogens (tertiary/aromatic N) is 4. The fourth-order valence-electron chi connectivity index (χ4n) is 3.83. The van der Waals surface area contributed by atoms with Crippen LogP contribution in [0.2, 0.25) is 5.02 Å². The van der Waals surface area contributed by atoms with Crippen LogP contribution in [0.1, 0.15) is 34.0 Å². The molecule has 7 heteroatoms. The van der Waals surface area contributed by atoms with Gasteiger partial charge in [0.25, 0.3) is 5.78 Å². The van der Waals surface area contributed by atoms with Crippen molar-refractivity contribution in [3.63, 3.8) is 0 Å². The van der Waals surface area contributed by atoms with Gasteiger partial charge in [-0.1, -0.05) is 29.8 Å². The maximum absolute atomic E-state index is 12.9. The number of Topliss-reactive ketones (excluding diaryl/α,β-unsaturated/α-hetero) is 1. The fourth-order valence-corrected chi connectivity index (χ4v) is 3.95. The summed E-state index contributed by atoms with van der Waals surface area (Å²) in [6, 6.07) is 15.1. The Morgan fingerprint density at radius 2 is 1.86 bits per heavy atom. The molecule has 0 saturated heterocycles. The number of rotatable bonds is 3. The zero-order chi connectivity index (χ0) is 20.0. The number of carbonyl (C=O) groups excluding carboxylic acids is 1. The van der Waals surface area contributed by atoms with Crippen molar-refractivity contribution in [3.8, 4) is 17.1 Å². The standard InChI is InChI=1S/C22H17ClN4O2/c1-29-20-5-3-2-4-16(20)14-10-18-17(19(28)11-14)12-27-22(24-18)25-21(26-27)13-6-8-15(23)9-7-13/h2-9,12,14H,10-11H2,1H3. The normalized spacial score (nSPS) is 16.1. The van der Waals surface area contributed by atoms with E-state index in [1.165, 1.54) is 0 Å². The molecule has 0 saturated carbocycles. The number of aromatic nitrogens is 4. The average Bonchev–Trinajstić information content (AvgIpc) is 3.15. The zero-order valence-corrected chi connectivity index (χ0v) is 16.4. The van der Waals surface area contributed by atoms with Gasteiger partial charge in [0.05, 0.1) is 18.4 Å². The number of halogens is 1. The van der Waals surface area contributed by atoms with Crippen molar-refractivity contribution in [2.75, 3.05) is 7.11 Å². The highest BCUT2D eigenvalue weighted by Crippen LogP contribution is 2.36. The van der Waals surface area contributed by atoms with Crippen LogP contribution in [-0.2, 0) is 6.42 Å². The molecule has 4 aromatic rings. The van der Waals surface area contributed by atoms with E-state index < -0.39 is 0 Å². The topological polar surface area (TPSA) is 69.4 Å². The maximum Gasteiger partial charge on any atom is 0.252 e. The van der Waals surface area contributed by atoms with E-state index in [2.05, 4.69) is 15.1 Å². The van der Waals surface area contributed by atoms with E-state index in [0.29, 0.717) is 35.0 Å². The number of hydrogen-bond acceptors (Lipinski definition) is 5. The maximum atomic E-state index is 12.9. The van der Waals surface area contributed by atoms with E-state index in [-0.39, 0.29) is 11.7 Å². The van der Waals surface area contributed by atoms with Crippen molar-refractivity contribution in [1.82, 2.24) is 19.6 Å². The number of benzene rings is 2. The average molecular weight is 405 g/mol. The first kappa shape index (κ1) is 17.8. The molecule has 2 aromatic heterocycles. The second-order valence-corrected chi connectivity index (χ2v) is 7.49. The number of ether oxygens (including phenoxy) is 1. The number of methoxy groups -OCH3 is 1. The molecule has 0 aliphatic heterocycles. The molecule has 0 spiro atoms. The van der Waals surface area contributed by atoms with Gasteiger partial charge in [-0.15, -0.1) is 5.10 Å². The number of fused-ring (bicyclic) bond motifs is 2. The molecule has 1 atom stereocenters. The second kappa shape index (κ2) is 6.97. The first-order valence-corrected chi connectivity index (χ1v) is 9.68. The molecule has 0 radical (unpaired) electrons. The Hall–Kier alpha value is -3.25. The van der Waals surface area contributed by atoms with Crippen molar-refractivity contribution in [3.05, 3.63) is 76.6 Å². The predicted molar refractivity (Wildman–Crippen MR) is 110 cm³/mol. The Labute approximate surface area is 172 Å². The van der Waals surface area contributed by atoms with Gasteiger partial charge in [-0.3, -0.25) is 4.79 Å². The van der Waals surface area contributed by atoms with E-state index in [1.54, 1.807) is 30.0 Å². The molecule has 1 aliphatic carbocycles. The van der Waals surface area contributed by atoms with Crippen molar-refractivity contribution < 1.29 is 9.53 Å². The minimum absolute atomic E-state index is 0.0276. The molecule has 0 bridgehead atoms. The third-order valence-electron chi connectivity index (χ3n) is 5.26. The lowest BCUT2D eigenvalue weighted by atomic mass is 9.82. The van der Waals surface area contributed by atoms with Crippen LogP contribution in [-0.4, -0.2) is 32.5 Å². The lowest BCUT2D eigenvalue weighted by molar-refractivity contribution is 0.0962. The van der Waals surface area contributed by atoms with Crippen LogP contribution in [0.15, 0.2) is 54.7 Å². The van der Waals surface area contributed by atoms with Gasteiger partial charge in [-0.25, -0.2) is 9.50 Å². The molecule has 144 valence electrons. The van der Waals surface area contributed by atoms with Gasteiger partial charge in [-0.2, -0.15) is 4.98 Å². The van der Waals surface area contributed by atoms with E-state index in [4.69, 9.17) is 16.3 Å². The molecule has 2 heterocycles. The zero-order valence-electron chi connectivity index (χ0n) is 15.7. The molecule has 0 fully saturated rings. The van der Waals surface area contributed by atoms with E-state index in [1.807, 2.05) is 36.4 Å². The molecular weight excluding hydrogens is 388 g/mol. The Bertz CT molecular complexity index is 1230. The fraction of sp³-hybridized carbons (Fsp3) is 0.182. The summed E-state index contributed by atoms with van der Waals surface area (Å²) >= 11 is 5.96. The lowest BCUT2D eigenvalue weighted by Gasteiger charge is -2.24. The summed E-state index contributed by atoms with van der Waals surface area (Å²) in [5.74, 6) is 1.90. The second-order valence-electron chi connectivity index (χ2n) is 7.06. The van der Waals surface area contributed by atoms with Crippen LogP contribution < -0.4 is 4.74 Å². The van der Waals surface area contributed by atoms with Crippen LogP contribution in [0.5, 0.6) is 5.75 Å². The highest BCUT2D eigenvalue weighted by atomic mass is 35.5. The number of hydrogen-bond donors (Lipinski definition) is 0. The first-order valence-electron chi connectivity index (χ1n) is 9.30. The lowest BCUT2D eigenvalue weighted by Crippen LogP contribution is -2.21. The molecular formula is C22H17ClN4O2. The van der Waals surface area contributed by atoms with Gasteiger partial charge in [0.15, 0.2) is 11.6 Å². The van der Waals surface area contributed by atoms with Crippen molar-refractivity contribution >= 4 is 23.2 Å². The summed E-state index contributed by atoms with van der Waals surface area (Å²) in [6.45, 7) is 0. The highest BCUT2D eigenvalue weighted by molar-refractivity contribution is 6.30. The molecule has 29 heavy (non-hydrogen) atoms. The Kier molecular flexibility index (Phi) is 4.28. The van der Waals surface area contributed by atoms with Crippen LogP contribution >= 0.6 is 11.6 Å². The molecule has 0 amide bonds. The van der Waals surface area contributed by atoms with Crippen molar-refractivity contribution in [2.24, 2.45) is 0 Å². The molecule has 0 N–H and O–H groups in total. The number of ketones is 1. The minimum Gasteiger partial charge on any atom is -0.496 e. The van der Waals surface area contributed by atoms with Crippen LogP contribution in [0.3, 0.4) is 0 Å². The van der Waals surface area contributed by atoms with Gasteiger partial charge < -0.3 is 4.74 Å². The van der Waals surface area contributed by atoms with E-state index in [0.717, 1.165) is 22.6 Å². The largest absolute Gasteiger partial charge is 0.496 e. The molecule has 1 unspecified atom stereocenters. The highest BCUT2D eigenvalue weighted by Gasteiger charge is 2.30. The SMILES string of the molecule is COc1ccccc1C1CC(=O)c2cn3nc(-c4ccc(Cl)cc4)nc3nc2C1. The smallest absolute Gasteiger partial charge is 0.252 e. The van der Waals surface area contributed by atoms with Gasteiger partial charge in [0, 0.05) is 29.1 Å². The first-order chi connectivity index (χ1) is 14.1. The summed E-state index contributed by atoms with van der Waals surface area (Å²) in [7, 11) is 1.65. The molecule has 6 nitrogen and oxygen atoms in total. The molecule has 1 aliphatic rings. The van der Waals surface area contributed by atoms with E-state index in [9.17, 15) is 4.79 Å². The third-order valence-corrected chi connectivity index (χ3v) is 5.52. The van der Waals surface area contributed by atoms with Crippen LogP contribution in [0.4, 0.5) is 0 Å². The van der Waals surface area contributed by atoms with E-state index >= 15 is 0 Å². The Morgan fingerprint density at radius 1 is 1.07 bits per heavy atom. The summed E-state index contributed by atoms with van der Waals surface area (Å²) < 4.78 is 7.06. The summed E-state index contributed by atoms with van der Waals surface area (Å²) in [5.41, 5.74) is 3.23. The Morgan fingerprint density at radius 3 is 2.66 bits per heavy atom. The third kappa shape index (κ3) is 3.15. The predicted octanol–water partition coefficient (Wildman–Crippen LogP) is 4.37. The Balaban J connectivity index is 1.55. The van der Waals surface area contributed by atoms with Crippen LogP contribution in [0, 0.1) is 0 Å². The van der Waals surface area contributed by atoms with Gasteiger partial charge in [0.1, 0.15) is 5.75 Å². The van der Waals surface area contributed by atoms with Gasteiger partial charge in [0.2, 0.25) is 0 Å². The number of carbonyl (C=O) groups is 1. The monoisotopic (exact) mass is 404 g/mol. The number of para-hydroxylation sites is 1. The summed E-state index contributed by atoms with van der Waals surface area (Å²) in [6.07, 6.45) is 2.81. The van der Waals surface area contributed by atoms with Crippen molar-refractivity contribution in [2.45, 2.75) is 18.8 Å². The van der Waals surface area contributed by atoms with Gasteiger partial charge in [-0.05, 0) is 42.3 Å². The minimum atomic E-state index is 0.0276. The van der Waals surface area contributed by atoms with Crippen molar-refractivity contribution in [1.29, 1.82) is 0 Å². The quantitative estimate of drug-likeness (QED) is 0.507. The van der Waals surface area contributed by atoms with Crippen LogP contribution in [0.25, 0.3) is 17.2 Å². The molecule has 2 aromatic carbocycles. The molecule has 5 rings (SSSR count). The summed E-state index contributed by atoms with van der Waals surface area (Å²) in [4.78, 5) is 22.1. The summed E-state index contributed by atoms with van der Waals surface area (Å²) in [5, 5.41) is 5.14. The van der Waals surface area contributed by atoms with Gasteiger partial charge >= 0.3 is 0 Å².